The smallest absolute Gasteiger partial charge is 0.335 e. The molecule has 0 fully saturated rings. The van der Waals surface area contributed by atoms with Crippen molar-refractivity contribution in [3.63, 3.8) is 0 Å². The van der Waals surface area contributed by atoms with E-state index < -0.39 is 23.9 Å². The van der Waals surface area contributed by atoms with Gasteiger partial charge < -0.3 is 20.4 Å². The van der Waals surface area contributed by atoms with Gasteiger partial charge in [-0.3, -0.25) is 0 Å². The van der Waals surface area contributed by atoms with E-state index in [2.05, 4.69) is 5.32 Å². The fraction of sp³-hybridized carbons (Fsp3) is 0.333. The Balaban J connectivity index is 2.77. The van der Waals surface area contributed by atoms with Crippen molar-refractivity contribution in [3.05, 3.63) is 29.6 Å². The van der Waals surface area contributed by atoms with Gasteiger partial charge >= 0.3 is 12.0 Å². The molecule has 7 heteroatoms. The molecule has 0 aliphatic rings. The minimum atomic E-state index is -1.25. The molecule has 1 atom stereocenters. The highest BCUT2D eigenvalue weighted by molar-refractivity contribution is 5.91. The van der Waals surface area contributed by atoms with Gasteiger partial charge in [-0.15, -0.1) is 0 Å². The fourth-order valence-electron chi connectivity index (χ4n) is 1.44. The Morgan fingerprint density at radius 1 is 1.47 bits per heavy atom. The molecule has 104 valence electrons. The lowest BCUT2D eigenvalue weighted by molar-refractivity contribution is 0.0696. The van der Waals surface area contributed by atoms with E-state index in [0.717, 1.165) is 6.07 Å². The highest BCUT2D eigenvalue weighted by Gasteiger charge is 2.14. The third-order valence-electron chi connectivity index (χ3n) is 2.34. The molecule has 0 saturated heterocycles. The van der Waals surface area contributed by atoms with Crippen molar-refractivity contribution in [2.75, 3.05) is 18.9 Å². The summed E-state index contributed by atoms with van der Waals surface area (Å²) in [4.78, 5) is 23.5. The second kappa shape index (κ2) is 6.14. The number of rotatable bonds is 4. The number of anilines is 1. The molecule has 3 N–H and O–H groups in total. The van der Waals surface area contributed by atoms with Gasteiger partial charge in [-0.2, -0.15) is 0 Å². The minimum absolute atomic E-state index is 0.0979. The zero-order valence-corrected chi connectivity index (χ0v) is 10.6. The van der Waals surface area contributed by atoms with Crippen molar-refractivity contribution in [1.82, 2.24) is 4.90 Å². The van der Waals surface area contributed by atoms with Crippen LogP contribution in [0.1, 0.15) is 17.3 Å². The van der Waals surface area contributed by atoms with Crippen molar-refractivity contribution in [2.45, 2.75) is 13.0 Å². The van der Waals surface area contributed by atoms with Gasteiger partial charge in [0.1, 0.15) is 5.82 Å². The lowest BCUT2D eigenvalue weighted by Crippen LogP contribution is -2.36. The van der Waals surface area contributed by atoms with Gasteiger partial charge in [0.25, 0.3) is 0 Å². The molecular weight excluding hydrogens is 255 g/mol. The molecule has 1 aromatic rings. The quantitative estimate of drug-likeness (QED) is 0.770. The molecule has 1 rings (SSSR count). The number of carboxylic acids is 1. The van der Waals surface area contributed by atoms with E-state index in [0.29, 0.717) is 0 Å². The molecule has 0 aliphatic carbocycles. The van der Waals surface area contributed by atoms with Gasteiger partial charge in [0.15, 0.2) is 0 Å². The average Bonchev–Trinajstić information content (AvgIpc) is 2.30. The number of carboxylic acid groups (broad SMARTS) is 1. The van der Waals surface area contributed by atoms with Crippen LogP contribution < -0.4 is 5.32 Å². The molecule has 6 nitrogen and oxygen atoms in total. The lowest BCUT2D eigenvalue weighted by Gasteiger charge is -2.19. The first-order chi connectivity index (χ1) is 8.81. The topological polar surface area (TPSA) is 89.9 Å². The molecule has 0 radical (unpaired) electrons. The second-order valence-electron chi connectivity index (χ2n) is 4.16. The molecule has 0 aromatic heterocycles. The number of halogens is 1. The van der Waals surface area contributed by atoms with E-state index in [-0.39, 0.29) is 17.8 Å². The van der Waals surface area contributed by atoms with Gasteiger partial charge in [0, 0.05) is 13.6 Å². The standard InChI is InChI=1S/C12H15FN2O4/c1-7(16)6-15(2)12(19)14-10-4-3-8(11(17)18)5-9(10)13/h3-5,7,16H,6H2,1-2H3,(H,14,19)(H,17,18). The molecule has 0 aliphatic heterocycles. The summed E-state index contributed by atoms with van der Waals surface area (Å²) < 4.78 is 13.6. The SMILES string of the molecule is CC(O)CN(C)C(=O)Nc1ccc(C(=O)O)cc1F. The summed E-state index contributed by atoms with van der Waals surface area (Å²) in [5.41, 5.74) is -0.319. The summed E-state index contributed by atoms with van der Waals surface area (Å²) in [7, 11) is 1.45. The Hall–Kier alpha value is -2.15. The lowest BCUT2D eigenvalue weighted by atomic mass is 10.2. The molecule has 2 amide bonds. The summed E-state index contributed by atoms with van der Waals surface area (Å²) in [5, 5.41) is 20.1. The van der Waals surface area contributed by atoms with Crippen LogP contribution in [0.4, 0.5) is 14.9 Å². The van der Waals surface area contributed by atoms with Crippen LogP contribution in [0.2, 0.25) is 0 Å². The number of nitrogens with zero attached hydrogens (tertiary/aromatic N) is 1. The number of urea groups is 1. The maximum absolute atomic E-state index is 13.6. The first-order valence-electron chi connectivity index (χ1n) is 5.54. The van der Waals surface area contributed by atoms with Crippen molar-refractivity contribution in [1.29, 1.82) is 0 Å². The van der Waals surface area contributed by atoms with Crippen LogP contribution in [0.3, 0.4) is 0 Å². The predicted octanol–water partition coefficient (Wildman–Crippen LogP) is 1.37. The van der Waals surface area contributed by atoms with Gasteiger partial charge in [-0.1, -0.05) is 0 Å². The summed E-state index contributed by atoms with van der Waals surface area (Å²) in [6.07, 6.45) is -0.699. The predicted molar refractivity (Wildman–Crippen MR) is 66.7 cm³/mol. The van der Waals surface area contributed by atoms with Gasteiger partial charge in [-0.05, 0) is 25.1 Å². The van der Waals surface area contributed by atoms with Crippen molar-refractivity contribution in [2.24, 2.45) is 0 Å². The maximum atomic E-state index is 13.6. The summed E-state index contributed by atoms with van der Waals surface area (Å²) in [5.74, 6) is -2.08. The second-order valence-corrected chi connectivity index (χ2v) is 4.16. The van der Waals surface area contributed by atoms with Crippen LogP contribution in [-0.2, 0) is 0 Å². The largest absolute Gasteiger partial charge is 0.478 e. The number of carbonyl (C=O) groups excluding carboxylic acids is 1. The number of likely N-dealkylation sites (N-methyl/N-ethyl adjacent to an activating group) is 1. The monoisotopic (exact) mass is 270 g/mol. The van der Waals surface area contributed by atoms with Gasteiger partial charge in [0.05, 0.1) is 17.4 Å². The number of aliphatic hydroxyl groups is 1. The van der Waals surface area contributed by atoms with E-state index >= 15 is 0 Å². The number of hydrogen-bond donors (Lipinski definition) is 3. The Bertz CT molecular complexity index is 491. The average molecular weight is 270 g/mol. The third kappa shape index (κ3) is 4.22. The minimum Gasteiger partial charge on any atom is -0.478 e. The van der Waals surface area contributed by atoms with Crippen LogP contribution >= 0.6 is 0 Å². The first-order valence-corrected chi connectivity index (χ1v) is 5.54. The molecule has 1 unspecified atom stereocenters. The zero-order valence-electron chi connectivity index (χ0n) is 10.6. The van der Waals surface area contributed by atoms with Crippen LogP contribution in [0, 0.1) is 5.82 Å². The Morgan fingerprint density at radius 2 is 2.11 bits per heavy atom. The normalized spacial score (nSPS) is 11.8. The van der Waals surface area contributed by atoms with Crippen LogP contribution in [0.25, 0.3) is 0 Å². The van der Waals surface area contributed by atoms with E-state index in [4.69, 9.17) is 10.2 Å². The van der Waals surface area contributed by atoms with Crippen molar-refractivity contribution < 1.29 is 24.2 Å². The Morgan fingerprint density at radius 3 is 2.58 bits per heavy atom. The molecule has 0 heterocycles. The maximum Gasteiger partial charge on any atom is 0.335 e. The highest BCUT2D eigenvalue weighted by atomic mass is 19.1. The van der Waals surface area contributed by atoms with Crippen LogP contribution in [0.5, 0.6) is 0 Å². The van der Waals surface area contributed by atoms with Gasteiger partial charge in [-0.25, -0.2) is 14.0 Å². The summed E-state index contributed by atoms with van der Waals surface area (Å²) in [6, 6.07) is 2.60. The van der Waals surface area contributed by atoms with E-state index in [1.165, 1.54) is 31.0 Å². The summed E-state index contributed by atoms with van der Waals surface area (Å²) >= 11 is 0. The molecule has 0 spiro atoms. The van der Waals surface area contributed by atoms with Crippen molar-refractivity contribution in [3.8, 4) is 0 Å². The zero-order chi connectivity index (χ0) is 14.6. The molecule has 1 aromatic carbocycles. The number of carbonyl (C=O) groups is 2. The van der Waals surface area contributed by atoms with E-state index in [1.807, 2.05) is 0 Å². The van der Waals surface area contributed by atoms with Crippen molar-refractivity contribution >= 4 is 17.7 Å². The fourth-order valence-corrected chi connectivity index (χ4v) is 1.44. The highest BCUT2D eigenvalue weighted by Crippen LogP contribution is 2.16. The summed E-state index contributed by atoms with van der Waals surface area (Å²) in [6.45, 7) is 1.62. The third-order valence-corrected chi connectivity index (χ3v) is 2.34. The number of nitrogens with one attached hydrogen (secondary N) is 1. The number of benzene rings is 1. The first kappa shape index (κ1) is 14.9. The number of hydrogen-bond acceptors (Lipinski definition) is 3. The molecule has 0 saturated carbocycles. The molecule has 19 heavy (non-hydrogen) atoms. The van der Waals surface area contributed by atoms with Crippen LogP contribution in [0.15, 0.2) is 18.2 Å². The number of aromatic carboxylic acids is 1. The van der Waals surface area contributed by atoms with E-state index in [9.17, 15) is 14.0 Å². The number of amides is 2. The van der Waals surface area contributed by atoms with E-state index in [1.54, 1.807) is 0 Å². The number of aliphatic hydroxyl groups excluding tert-OH is 1. The Kier molecular flexibility index (Phi) is 4.82. The molecular formula is C12H15FN2O4. The molecule has 0 bridgehead atoms. The van der Waals surface area contributed by atoms with Crippen LogP contribution in [-0.4, -0.2) is 46.8 Å². The van der Waals surface area contributed by atoms with Gasteiger partial charge in [0.2, 0.25) is 0 Å². The Labute approximate surface area is 109 Å².